The molecule has 7 nitrogen and oxygen atoms in total. The van der Waals surface area contributed by atoms with E-state index < -0.39 is 28.5 Å². The third-order valence-corrected chi connectivity index (χ3v) is 6.61. The number of esters is 1. The lowest BCUT2D eigenvalue weighted by Gasteiger charge is -2.19. The third kappa shape index (κ3) is 5.73. The van der Waals surface area contributed by atoms with Gasteiger partial charge in [-0.25, -0.2) is 13.2 Å². The maximum atomic E-state index is 12.8. The van der Waals surface area contributed by atoms with Crippen molar-refractivity contribution in [3.8, 4) is 0 Å². The molecule has 0 saturated carbocycles. The molecule has 1 N–H and O–H groups in total. The molecule has 0 aliphatic carbocycles. The molecule has 0 atom stereocenters. The Morgan fingerprint density at radius 1 is 0.906 bits per heavy atom. The fraction of sp³-hybridized carbons (Fsp3) is 0.167. The van der Waals surface area contributed by atoms with Crippen LogP contribution < -0.4 is 9.62 Å². The smallest absolute Gasteiger partial charge is 0.338 e. The van der Waals surface area contributed by atoms with Gasteiger partial charge >= 0.3 is 5.97 Å². The van der Waals surface area contributed by atoms with Crippen LogP contribution >= 0.6 is 0 Å². The van der Waals surface area contributed by atoms with Crippen molar-refractivity contribution in [2.45, 2.75) is 18.4 Å². The number of nitrogens with zero attached hydrogens (tertiary/aromatic N) is 1. The number of rotatable bonds is 8. The van der Waals surface area contributed by atoms with Crippen LogP contribution in [0, 0.1) is 6.92 Å². The highest BCUT2D eigenvalue weighted by molar-refractivity contribution is 7.92. The molecule has 0 heterocycles. The van der Waals surface area contributed by atoms with Gasteiger partial charge in [-0.2, -0.15) is 0 Å². The number of hydrogen-bond acceptors (Lipinski definition) is 5. The molecular weight excluding hydrogens is 428 g/mol. The lowest BCUT2D eigenvalue weighted by Crippen LogP contribution is -2.28. The first kappa shape index (κ1) is 23.0. The zero-order valence-electron chi connectivity index (χ0n) is 17.8. The SMILES string of the molecule is Cc1ccc(CNC(=O)COC(=O)c2ccc(S(=O)(=O)N(C)c3ccccc3)cc2)cc1. The molecule has 0 aromatic heterocycles. The first-order valence-electron chi connectivity index (χ1n) is 9.91. The number of ether oxygens (including phenoxy) is 1. The molecule has 0 bridgehead atoms. The van der Waals surface area contributed by atoms with E-state index in [4.69, 9.17) is 4.74 Å². The minimum atomic E-state index is -3.78. The monoisotopic (exact) mass is 452 g/mol. The van der Waals surface area contributed by atoms with Crippen LogP contribution in [0.15, 0.2) is 83.8 Å². The van der Waals surface area contributed by atoms with Gasteiger partial charge in [0.1, 0.15) is 0 Å². The zero-order chi connectivity index (χ0) is 23.1. The molecule has 0 aliphatic heterocycles. The Balaban J connectivity index is 1.55. The van der Waals surface area contributed by atoms with Crippen molar-refractivity contribution in [2.75, 3.05) is 18.0 Å². The largest absolute Gasteiger partial charge is 0.452 e. The number of anilines is 1. The maximum Gasteiger partial charge on any atom is 0.338 e. The molecule has 0 aliphatic rings. The highest BCUT2D eigenvalue weighted by atomic mass is 32.2. The second-order valence-electron chi connectivity index (χ2n) is 7.17. The van der Waals surface area contributed by atoms with Crippen LogP contribution in [0.2, 0.25) is 0 Å². The van der Waals surface area contributed by atoms with E-state index in [-0.39, 0.29) is 10.5 Å². The van der Waals surface area contributed by atoms with Gasteiger partial charge in [-0.15, -0.1) is 0 Å². The molecule has 1 amide bonds. The lowest BCUT2D eigenvalue weighted by atomic mass is 10.1. The Kier molecular flexibility index (Phi) is 7.27. The van der Waals surface area contributed by atoms with Crippen molar-refractivity contribution >= 4 is 27.6 Å². The number of carbonyl (C=O) groups is 2. The summed E-state index contributed by atoms with van der Waals surface area (Å²) in [5.41, 5.74) is 2.73. The van der Waals surface area contributed by atoms with Crippen LogP contribution in [0.5, 0.6) is 0 Å². The number of aryl methyl sites for hydroxylation is 1. The Morgan fingerprint density at radius 2 is 1.53 bits per heavy atom. The minimum Gasteiger partial charge on any atom is -0.452 e. The summed E-state index contributed by atoms with van der Waals surface area (Å²) in [5.74, 6) is -1.14. The number of amides is 1. The van der Waals surface area contributed by atoms with E-state index in [0.717, 1.165) is 11.1 Å². The van der Waals surface area contributed by atoms with Gasteiger partial charge < -0.3 is 10.1 Å². The number of nitrogens with one attached hydrogen (secondary N) is 1. The number of benzene rings is 3. The first-order chi connectivity index (χ1) is 15.3. The van der Waals surface area contributed by atoms with Crippen molar-refractivity contribution in [1.29, 1.82) is 0 Å². The highest BCUT2D eigenvalue weighted by Gasteiger charge is 2.21. The number of hydrogen-bond donors (Lipinski definition) is 1. The van der Waals surface area contributed by atoms with Crippen LogP contribution in [-0.2, 0) is 26.1 Å². The van der Waals surface area contributed by atoms with Gasteiger partial charge in [0.15, 0.2) is 6.61 Å². The summed E-state index contributed by atoms with van der Waals surface area (Å²) in [4.78, 5) is 24.2. The average Bonchev–Trinajstić information content (AvgIpc) is 2.82. The topological polar surface area (TPSA) is 92.8 Å². The van der Waals surface area contributed by atoms with E-state index in [9.17, 15) is 18.0 Å². The van der Waals surface area contributed by atoms with Gasteiger partial charge in [0.2, 0.25) is 0 Å². The summed E-state index contributed by atoms with van der Waals surface area (Å²) in [6, 6.07) is 21.8. The number of sulfonamides is 1. The van der Waals surface area contributed by atoms with Crippen LogP contribution in [0.1, 0.15) is 21.5 Å². The quantitative estimate of drug-likeness (QED) is 0.530. The first-order valence-corrected chi connectivity index (χ1v) is 11.3. The van der Waals surface area contributed by atoms with Crippen LogP contribution in [0.3, 0.4) is 0 Å². The van der Waals surface area contributed by atoms with Crippen molar-refractivity contribution in [3.63, 3.8) is 0 Å². The molecule has 166 valence electrons. The zero-order valence-corrected chi connectivity index (χ0v) is 18.6. The van der Waals surface area contributed by atoms with Gasteiger partial charge in [0, 0.05) is 13.6 Å². The molecule has 0 radical (unpaired) electrons. The Hall–Kier alpha value is -3.65. The van der Waals surface area contributed by atoms with Gasteiger partial charge in [-0.3, -0.25) is 9.10 Å². The molecule has 32 heavy (non-hydrogen) atoms. The van der Waals surface area contributed by atoms with Crippen LogP contribution in [0.4, 0.5) is 5.69 Å². The second-order valence-corrected chi connectivity index (χ2v) is 9.14. The minimum absolute atomic E-state index is 0.0382. The normalized spacial score (nSPS) is 10.9. The molecule has 0 unspecified atom stereocenters. The third-order valence-electron chi connectivity index (χ3n) is 4.81. The van der Waals surface area contributed by atoms with E-state index in [1.807, 2.05) is 31.2 Å². The predicted molar refractivity (Wildman–Crippen MR) is 122 cm³/mol. The summed E-state index contributed by atoms with van der Waals surface area (Å²) < 4.78 is 31.8. The molecule has 0 saturated heterocycles. The van der Waals surface area contributed by atoms with Crippen LogP contribution in [-0.4, -0.2) is 33.9 Å². The number of carbonyl (C=O) groups excluding carboxylic acids is 2. The van der Waals surface area contributed by atoms with E-state index in [2.05, 4.69) is 5.32 Å². The van der Waals surface area contributed by atoms with E-state index in [0.29, 0.717) is 12.2 Å². The number of para-hydroxylation sites is 1. The van der Waals surface area contributed by atoms with Crippen LogP contribution in [0.25, 0.3) is 0 Å². The second kappa shape index (κ2) is 10.1. The Labute approximate surface area is 187 Å². The summed E-state index contributed by atoms with van der Waals surface area (Å²) in [6.07, 6.45) is 0. The van der Waals surface area contributed by atoms with Gasteiger partial charge in [-0.05, 0) is 48.9 Å². The lowest BCUT2D eigenvalue weighted by molar-refractivity contribution is -0.124. The molecule has 0 spiro atoms. The average molecular weight is 453 g/mol. The van der Waals surface area contributed by atoms with Gasteiger partial charge in [-0.1, -0.05) is 48.0 Å². The van der Waals surface area contributed by atoms with Crippen molar-refractivity contribution in [2.24, 2.45) is 0 Å². The molecule has 8 heteroatoms. The summed E-state index contributed by atoms with van der Waals surface area (Å²) in [6.45, 7) is 1.88. The predicted octanol–water partition coefficient (Wildman–Crippen LogP) is 3.29. The summed E-state index contributed by atoms with van der Waals surface area (Å²) >= 11 is 0. The summed E-state index contributed by atoms with van der Waals surface area (Å²) in [5, 5.41) is 2.68. The summed E-state index contributed by atoms with van der Waals surface area (Å²) in [7, 11) is -2.32. The van der Waals surface area contributed by atoms with Gasteiger partial charge in [0.25, 0.3) is 15.9 Å². The Morgan fingerprint density at radius 3 is 2.16 bits per heavy atom. The molecular formula is C24H24N2O5S. The van der Waals surface area contributed by atoms with Crippen molar-refractivity contribution in [1.82, 2.24) is 5.32 Å². The van der Waals surface area contributed by atoms with Gasteiger partial charge in [0.05, 0.1) is 16.1 Å². The van der Waals surface area contributed by atoms with E-state index in [1.54, 1.807) is 30.3 Å². The standard InChI is InChI=1S/C24H24N2O5S/c1-18-8-10-19(11-9-18)16-25-23(27)17-31-24(28)20-12-14-22(15-13-20)32(29,30)26(2)21-6-4-3-5-7-21/h3-15H,16-17H2,1-2H3,(H,25,27). The highest BCUT2D eigenvalue weighted by Crippen LogP contribution is 2.22. The van der Waals surface area contributed by atoms with E-state index in [1.165, 1.54) is 35.6 Å². The Bertz CT molecular complexity index is 1180. The van der Waals surface area contributed by atoms with Crippen molar-refractivity contribution in [3.05, 3.63) is 95.6 Å². The van der Waals surface area contributed by atoms with E-state index >= 15 is 0 Å². The molecule has 3 aromatic rings. The maximum absolute atomic E-state index is 12.8. The molecule has 3 aromatic carbocycles. The fourth-order valence-corrected chi connectivity index (χ4v) is 4.07. The molecule has 3 rings (SSSR count). The fourth-order valence-electron chi connectivity index (χ4n) is 2.87. The van der Waals surface area contributed by atoms with Crippen molar-refractivity contribution < 1.29 is 22.7 Å². The molecule has 0 fully saturated rings.